The Morgan fingerprint density at radius 3 is 2.46 bits per heavy atom. The SMILES string of the molecule is NC(=O)C/C=C/c1ccc(N)cc1. The Morgan fingerprint density at radius 1 is 1.31 bits per heavy atom. The number of primary amides is 1. The quantitative estimate of drug-likeness (QED) is 0.678. The number of rotatable bonds is 3. The van der Waals surface area contributed by atoms with E-state index in [2.05, 4.69) is 0 Å². The molecular formula is C10H12N2O. The highest BCUT2D eigenvalue weighted by Crippen LogP contribution is 2.07. The lowest BCUT2D eigenvalue weighted by Gasteiger charge is -1.93. The fourth-order valence-corrected chi connectivity index (χ4v) is 0.918. The summed E-state index contributed by atoms with van der Waals surface area (Å²) in [5, 5.41) is 0. The summed E-state index contributed by atoms with van der Waals surface area (Å²) in [7, 11) is 0. The molecule has 1 aromatic rings. The van der Waals surface area contributed by atoms with Crippen LogP contribution in [0.15, 0.2) is 30.3 Å². The Bertz CT molecular complexity index is 314. The molecule has 1 amide bonds. The molecule has 0 unspecified atom stereocenters. The fraction of sp³-hybridized carbons (Fsp3) is 0.100. The number of carbonyl (C=O) groups excluding carboxylic acids is 1. The van der Waals surface area contributed by atoms with E-state index in [9.17, 15) is 4.79 Å². The van der Waals surface area contributed by atoms with Crippen LogP contribution < -0.4 is 11.5 Å². The van der Waals surface area contributed by atoms with Gasteiger partial charge in [0.25, 0.3) is 0 Å². The number of anilines is 1. The number of amides is 1. The van der Waals surface area contributed by atoms with Gasteiger partial charge in [-0.15, -0.1) is 0 Å². The fourth-order valence-electron chi connectivity index (χ4n) is 0.918. The van der Waals surface area contributed by atoms with Gasteiger partial charge < -0.3 is 11.5 Å². The third-order valence-corrected chi connectivity index (χ3v) is 1.57. The van der Waals surface area contributed by atoms with Gasteiger partial charge in [0.2, 0.25) is 5.91 Å². The van der Waals surface area contributed by atoms with Crippen molar-refractivity contribution < 1.29 is 4.79 Å². The molecule has 0 atom stereocenters. The van der Waals surface area contributed by atoms with Gasteiger partial charge in [-0.05, 0) is 17.7 Å². The van der Waals surface area contributed by atoms with Crippen LogP contribution in [0.2, 0.25) is 0 Å². The minimum Gasteiger partial charge on any atom is -0.399 e. The van der Waals surface area contributed by atoms with E-state index in [-0.39, 0.29) is 12.3 Å². The van der Waals surface area contributed by atoms with Crippen molar-refractivity contribution in [1.82, 2.24) is 0 Å². The second kappa shape index (κ2) is 4.30. The Morgan fingerprint density at radius 2 is 1.92 bits per heavy atom. The molecule has 0 aliphatic rings. The predicted molar refractivity (Wildman–Crippen MR) is 53.7 cm³/mol. The van der Waals surface area contributed by atoms with E-state index in [4.69, 9.17) is 11.5 Å². The van der Waals surface area contributed by atoms with Gasteiger partial charge >= 0.3 is 0 Å². The summed E-state index contributed by atoms with van der Waals surface area (Å²) in [6.45, 7) is 0. The predicted octanol–water partition coefficient (Wildman–Crippen LogP) is 1.16. The molecule has 0 heterocycles. The number of hydrogen-bond acceptors (Lipinski definition) is 2. The average molecular weight is 176 g/mol. The maximum atomic E-state index is 10.4. The molecule has 1 rings (SSSR count). The van der Waals surface area contributed by atoms with E-state index in [1.54, 1.807) is 6.08 Å². The number of carbonyl (C=O) groups is 1. The van der Waals surface area contributed by atoms with Gasteiger partial charge in [0.15, 0.2) is 0 Å². The van der Waals surface area contributed by atoms with Gasteiger partial charge in [0.05, 0.1) is 0 Å². The van der Waals surface area contributed by atoms with Gasteiger partial charge in [-0.25, -0.2) is 0 Å². The van der Waals surface area contributed by atoms with Crippen molar-refractivity contribution in [2.75, 3.05) is 5.73 Å². The van der Waals surface area contributed by atoms with E-state index in [1.807, 2.05) is 30.3 Å². The minimum atomic E-state index is -0.327. The maximum absolute atomic E-state index is 10.4. The summed E-state index contributed by atoms with van der Waals surface area (Å²) in [5.41, 5.74) is 12.2. The zero-order valence-electron chi connectivity index (χ0n) is 7.23. The summed E-state index contributed by atoms with van der Waals surface area (Å²) >= 11 is 0. The lowest BCUT2D eigenvalue weighted by atomic mass is 10.2. The van der Waals surface area contributed by atoms with Gasteiger partial charge in [-0.1, -0.05) is 24.3 Å². The van der Waals surface area contributed by atoms with Crippen molar-refractivity contribution in [1.29, 1.82) is 0 Å². The van der Waals surface area contributed by atoms with E-state index < -0.39 is 0 Å². The number of hydrogen-bond donors (Lipinski definition) is 2. The molecule has 68 valence electrons. The van der Waals surface area contributed by atoms with Crippen LogP contribution in [0.3, 0.4) is 0 Å². The van der Waals surface area contributed by atoms with Crippen LogP contribution >= 0.6 is 0 Å². The molecular weight excluding hydrogens is 164 g/mol. The highest BCUT2D eigenvalue weighted by atomic mass is 16.1. The van der Waals surface area contributed by atoms with Crippen molar-refractivity contribution in [2.45, 2.75) is 6.42 Å². The van der Waals surface area contributed by atoms with Gasteiger partial charge in [-0.2, -0.15) is 0 Å². The largest absolute Gasteiger partial charge is 0.399 e. The molecule has 0 aromatic heterocycles. The van der Waals surface area contributed by atoms with Gasteiger partial charge in [-0.3, -0.25) is 4.79 Å². The van der Waals surface area contributed by atoms with Crippen molar-refractivity contribution in [3.05, 3.63) is 35.9 Å². The molecule has 0 saturated carbocycles. The molecule has 3 nitrogen and oxygen atoms in total. The smallest absolute Gasteiger partial charge is 0.221 e. The summed E-state index contributed by atoms with van der Waals surface area (Å²) in [6, 6.07) is 7.38. The molecule has 0 fully saturated rings. The number of nitrogens with two attached hydrogens (primary N) is 2. The van der Waals surface area contributed by atoms with Crippen molar-refractivity contribution >= 4 is 17.7 Å². The highest BCUT2D eigenvalue weighted by Gasteiger charge is 1.88. The highest BCUT2D eigenvalue weighted by molar-refractivity contribution is 5.76. The van der Waals surface area contributed by atoms with Crippen molar-refractivity contribution in [2.24, 2.45) is 5.73 Å². The Labute approximate surface area is 77.0 Å². The topological polar surface area (TPSA) is 69.1 Å². The first-order chi connectivity index (χ1) is 6.18. The van der Waals surface area contributed by atoms with Gasteiger partial charge in [0.1, 0.15) is 0 Å². The maximum Gasteiger partial charge on any atom is 0.221 e. The molecule has 0 aliphatic heterocycles. The van der Waals surface area contributed by atoms with Crippen LogP contribution in [-0.4, -0.2) is 5.91 Å². The Kier molecular flexibility index (Phi) is 3.09. The first-order valence-corrected chi connectivity index (χ1v) is 3.99. The van der Waals surface area contributed by atoms with Crippen molar-refractivity contribution in [3.8, 4) is 0 Å². The van der Waals surface area contributed by atoms with Crippen LogP contribution in [0.1, 0.15) is 12.0 Å². The van der Waals surface area contributed by atoms with Crippen LogP contribution in [-0.2, 0) is 4.79 Å². The first-order valence-electron chi connectivity index (χ1n) is 3.99. The number of benzene rings is 1. The average Bonchev–Trinajstić information content (AvgIpc) is 2.08. The molecule has 3 heteroatoms. The summed E-state index contributed by atoms with van der Waals surface area (Å²) in [5.74, 6) is -0.327. The molecule has 0 saturated heterocycles. The molecule has 0 bridgehead atoms. The second-order valence-corrected chi connectivity index (χ2v) is 2.74. The van der Waals surface area contributed by atoms with Crippen LogP contribution in [0, 0.1) is 0 Å². The molecule has 0 aliphatic carbocycles. The summed E-state index contributed by atoms with van der Waals surface area (Å²) in [4.78, 5) is 10.4. The summed E-state index contributed by atoms with van der Waals surface area (Å²) in [6.07, 6.45) is 3.84. The number of nitrogen functional groups attached to an aromatic ring is 1. The molecule has 1 aromatic carbocycles. The third-order valence-electron chi connectivity index (χ3n) is 1.57. The van der Waals surface area contributed by atoms with Crippen LogP contribution in [0.25, 0.3) is 6.08 Å². The van der Waals surface area contributed by atoms with E-state index in [1.165, 1.54) is 0 Å². The standard InChI is InChI=1S/C10H12N2O/c11-9-6-4-8(5-7-9)2-1-3-10(12)13/h1-2,4-7H,3,11H2,(H2,12,13)/b2-1+. The zero-order valence-corrected chi connectivity index (χ0v) is 7.23. The van der Waals surface area contributed by atoms with Crippen LogP contribution in [0.5, 0.6) is 0 Å². The molecule has 4 N–H and O–H groups in total. The lowest BCUT2D eigenvalue weighted by molar-refractivity contribution is -0.117. The Balaban J connectivity index is 2.59. The molecule has 0 spiro atoms. The third kappa shape index (κ3) is 3.42. The second-order valence-electron chi connectivity index (χ2n) is 2.74. The lowest BCUT2D eigenvalue weighted by Crippen LogP contribution is -2.07. The molecule has 13 heavy (non-hydrogen) atoms. The Hall–Kier alpha value is -1.77. The van der Waals surface area contributed by atoms with Crippen LogP contribution in [0.4, 0.5) is 5.69 Å². The van der Waals surface area contributed by atoms with Crippen molar-refractivity contribution in [3.63, 3.8) is 0 Å². The zero-order chi connectivity index (χ0) is 9.68. The monoisotopic (exact) mass is 176 g/mol. The van der Waals surface area contributed by atoms with Gasteiger partial charge in [0, 0.05) is 12.1 Å². The van der Waals surface area contributed by atoms with E-state index in [0.717, 1.165) is 11.3 Å². The van der Waals surface area contributed by atoms with E-state index >= 15 is 0 Å². The normalized spacial score (nSPS) is 10.5. The first kappa shape index (κ1) is 9.32. The minimum absolute atomic E-state index is 0.268. The summed E-state index contributed by atoms with van der Waals surface area (Å²) < 4.78 is 0. The molecule has 0 radical (unpaired) electrons. The van der Waals surface area contributed by atoms with E-state index in [0.29, 0.717) is 0 Å².